The van der Waals surface area contributed by atoms with Gasteiger partial charge in [-0.05, 0) is 25.1 Å². The highest BCUT2D eigenvalue weighted by atomic mass is 35.5. The Morgan fingerprint density at radius 3 is 2.93 bits per heavy atom. The lowest BCUT2D eigenvalue weighted by molar-refractivity contribution is 1.04. The molecule has 1 N–H and O–H groups in total. The van der Waals surface area contributed by atoms with E-state index in [1.54, 1.807) is 25.1 Å². The number of aromatic amines is 1. The monoisotopic (exact) mass is 208 g/mol. The first kappa shape index (κ1) is 9.09. The zero-order valence-electron chi connectivity index (χ0n) is 7.67. The van der Waals surface area contributed by atoms with Crippen LogP contribution in [0.5, 0.6) is 0 Å². The maximum Gasteiger partial charge on any atom is 0.330 e. The van der Waals surface area contributed by atoms with Crippen LogP contribution in [0.15, 0.2) is 29.6 Å². The first-order chi connectivity index (χ1) is 6.59. The minimum absolute atomic E-state index is 0.185. The molecule has 3 nitrogen and oxygen atoms in total. The summed E-state index contributed by atoms with van der Waals surface area (Å²) in [6, 6.07) is 5.25. The van der Waals surface area contributed by atoms with Crippen LogP contribution in [-0.2, 0) is 0 Å². The van der Waals surface area contributed by atoms with Crippen LogP contribution in [-0.4, -0.2) is 9.55 Å². The van der Waals surface area contributed by atoms with Crippen LogP contribution in [0.2, 0.25) is 5.02 Å². The van der Waals surface area contributed by atoms with Gasteiger partial charge in [0.25, 0.3) is 0 Å². The van der Waals surface area contributed by atoms with Crippen molar-refractivity contribution in [2.75, 3.05) is 0 Å². The Morgan fingerprint density at radius 2 is 2.29 bits per heavy atom. The molecule has 0 bridgehead atoms. The Balaban J connectivity index is 2.93. The standard InChI is InChI=1S/C10H9ClN2O/c1-6(2)13-9-5-7(11)3-4-8(9)12-10(13)14/h3-5H,1H2,2H3,(H,12,14). The molecule has 0 unspecified atom stereocenters. The average molecular weight is 209 g/mol. The van der Waals surface area contributed by atoms with E-state index in [9.17, 15) is 4.79 Å². The van der Waals surface area contributed by atoms with E-state index in [0.717, 1.165) is 11.0 Å². The van der Waals surface area contributed by atoms with Gasteiger partial charge in [-0.1, -0.05) is 18.2 Å². The Kier molecular flexibility index (Phi) is 1.97. The van der Waals surface area contributed by atoms with Gasteiger partial charge in [0.05, 0.1) is 11.0 Å². The van der Waals surface area contributed by atoms with Crippen molar-refractivity contribution in [1.29, 1.82) is 0 Å². The molecule has 1 heterocycles. The van der Waals surface area contributed by atoms with E-state index in [-0.39, 0.29) is 5.69 Å². The summed E-state index contributed by atoms with van der Waals surface area (Å²) < 4.78 is 1.50. The SMILES string of the molecule is C=C(C)n1c(=O)[nH]c2ccc(Cl)cc21. The number of hydrogen-bond donors (Lipinski definition) is 1. The number of allylic oxidation sites excluding steroid dienone is 1. The first-order valence-corrected chi connectivity index (χ1v) is 4.53. The third-order valence-corrected chi connectivity index (χ3v) is 2.26. The van der Waals surface area contributed by atoms with E-state index in [0.29, 0.717) is 10.7 Å². The number of benzene rings is 1. The van der Waals surface area contributed by atoms with E-state index in [1.807, 2.05) is 0 Å². The van der Waals surface area contributed by atoms with Gasteiger partial charge in [-0.2, -0.15) is 0 Å². The van der Waals surface area contributed by atoms with Gasteiger partial charge in [0.2, 0.25) is 0 Å². The molecule has 2 rings (SSSR count). The first-order valence-electron chi connectivity index (χ1n) is 4.16. The van der Waals surface area contributed by atoms with Gasteiger partial charge >= 0.3 is 5.69 Å². The molecule has 0 amide bonds. The lowest BCUT2D eigenvalue weighted by atomic mass is 10.3. The van der Waals surface area contributed by atoms with Crippen molar-refractivity contribution in [2.45, 2.75) is 6.92 Å². The number of halogens is 1. The second-order valence-corrected chi connectivity index (χ2v) is 3.60. The highest BCUT2D eigenvalue weighted by molar-refractivity contribution is 6.31. The van der Waals surface area contributed by atoms with Gasteiger partial charge in [-0.15, -0.1) is 0 Å². The fourth-order valence-corrected chi connectivity index (χ4v) is 1.62. The summed E-state index contributed by atoms with van der Waals surface area (Å²) in [5.74, 6) is 0. The molecule has 14 heavy (non-hydrogen) atoms. The summed E-state index contributed by atoms with van der Waals surface area (Å²) in [5, 5.41) is 0.603. The fourth-order valence-electron chi connectivity index (χ4n) is 1.45. The van der Waals surface area contributed by atoms with Crippen LogP contribution in [0, 0.1) is 0 Å². The molecule has 0 fully saturated rings. The summed E-state index contributed by atoms with van der Waals surface area (Å²) in [7, 11) is 0. The van der Waals surface area contributed by atoms with E-state index in [4.69, 9.17) is 11.6 Å². The predicted molar refractivity (Wildman–Crippen MR) is 58.6 cm³/mol. The highest BCUT2D eigenvalue weighted by Gasteiger charge is 2.06. The second-order valence-electron chi connectivity index (χ2n) is 3.16. The Morgan fingerprint density at radius 1 is 1.57 bits per heavy atom. The molecule has 0 spiro atoms. The molecule has 0 radical (unpaired) electrons. The molecule has 1 aromatic heterocycles. The van der Waals surface area contributed by atoms with E-state index in [2.05, 4.69) is 11.6 Å². The van der Waals surface area contributed by atoms with Gasteiger partial charge < -0.3 is 4.98 Å². The van der Waals surface area contributed by atoms with Crippen LogP contribution < -0.4 is 5.69 Å². The summed E-state index contributed by atoms with van der Waals surface area (Å²) in [6.07, 6.45) is 0. The zero-order chi connectivity index (χ0) is 10.3. The molecule has 4 heteroatoms. The number of H-pyrrole nitrogens is 1. The number of nitrogens with zero attached hydrogens (tertiary/aromatic N) is 1. The Bertz CT molecular complexity index is 565. The van der Waals surface area contributed by atoms with E-state index in [1.165, 1.54) is 4.57 Å². The molecule has 0 aliphatic heterocycles. The highest BCUT2D eigenvalue weighted by Crippen LogP contribution is 2.18. The van der Waals surface area contributed by atoms with Crippen molar-refractivity contribution in [1.82, 2.24) is 9.55 Å². The Hall–Kier alpha value is -1.48. The van der Waals surface area contributed by atoms with Gasteiger partial charge in [-0.25, -0.2) is 4.79 Å². The van der Waals surface area contributed by atoms with Gasteiger partial charge in [0.15, 0.2) is 0 Å². The second kappa shape index (κ2) is 3.03. The van der Waals surface area contributed by atoms with Crippen molar-refractivity contribution in [3.8, 4) is 0 Å². The lowest BCUT2D eigenvalue weighted by Gasteiger charge is -2.00. The Labute approximate surface area is 85.6 Å². The van der Waals surface area contributed by atoms with E-state index >= 15 is 0 Å². The van der Waals surface area contributed by atoms with Crippen LogP contribution >= 0.6 is 11.6 Å². The quantitative estimate of drug-likeness (QED) is 0.768. The smallest absolute Gasteiger partial charge is 0.305 e. The van der Waals surface area contributed by atoms with Crippen LogP contribution in [0.25, 0.3) is 16.7 Å². The molecule has 0 aliphatic carbocycles. The number of nitrogens with one attached hydrogen (secondary N) is 1. The van der Waals surface area contributed by atoms with Crippen molar-refractivity contribution < 1.29 is 0 Å². The summed E-state index contributed by atoms with van der Waals surface area (Å²) in [4.78, 5) is 14.2. The molecule has 72 valence electrons. The fraction of sp³-hybridized carbons (Fsp3) is 0.100. The number of rotatable bonds is 1. The van der Waals surface area contributed by atoms with Gasteiger partial charge in [0.1, 0.15) is 0 Å². The largest absolute Gasteiger partial charge is 0.330 e. The topological polar surface area (TPSA) is 37.8 Å². The summed E-state index contributed by atoms with van der Waals surface area (Å²) in [6.45, 7) is 5.51. The zero-order valence-corrected chi connectivity index (χ0v) is 8.43. The number of aromatic nitrogens is 2. The summed E-state index contributed by atoms with van der Waals surface area (Å²) >= 11 is 5.85. The average Bonchev–Trinajstić information content (AvgIpc) is 2.40. The maximum absolute atomic E-state index is 11.5. The third kappa shape index (κ3) is 1.26. The number of fused-ring (bicyclic) bond motifs is 1. The molecule has 1 aromatic carbocycles. The van der Waals surface area contributed by atoms with Crippen molar-refractivity contribution in [3.05, 3.63) is 40.3 Å². The molecular formula is C10H9ClN2O. The van der Waals surface area contributed by atoms with Gasteiger partial charge in [0, 0.05) is 10.7 Å². The predicted octanol–water partition coefficient (Wildman–Crippen LogP) is 2.47. The number of imidazole rings is 1. The maximum atomic E-state index is 11.5. The van der Waals surface area contributed by atoms with Crippen molar-refractivity contribution in [3.63, 3.8) is 0 Å². The van der Waals surface area contributed by atoms with Crippen LogP contribution in [0.1, 0.15) is 6.92 Å². The third-order valence-electron chi connectivity index (χ3n) is 2.03. The van der Waals surface area contributed by atoms with Crippen LogP contribution in [0.3, 0.4) is 0 Å². The molecule has 0 saturated heterocycles. The normalized spacial score (nSPS) is 10.7. The molecular weight excluding hydrogens is 200 g/mol. The van der Waals surface area contributed by atoms with Crippen molar-refractivity contribution >= 4 is 28.3 Å². The molecule has 2 aromatic rings. The summed E-state index contributed by atoms with van der Waals surface area (Å²) in [5.41, 5.74) is 2.01. The van der Waals surface area contributed by atoms with Crippen LogP contribution in [0.4, 0.5) is 0 Å². The molecule has 0 saturated carbocycles. The minimum atomic E-state index is -0.185. The molecule has 0 aliphatic rings. The van der Waals surface area contributed by atoms with Crippen molar-refractivity contribution in [2.24, 2.45) is 0 Å². The van der Waals surface area contributed by atoms with E-state index < -0.39 is 0 Å². The minimum Gasteiger partial charge on any atom is -0.305 e. The number of hydrogen-bond acceptors (Lipinski definition) is 1. The lowest BCUT2D eigenvalue weighted by Crippen LogP contribution is -2.13. The molecule has 0 atom stereocenters. The van der Waals surface area contributed by atoms with Gasteiger partial charge in [-0.3, -0.25) is 4.57 Å².